The number of ether oxygens (including phenoxy) is 1. The van der Waals surface area contributed by atoms with Crippen LogP contribution in [0.1, 0.15) is 29.2 Å². The first-order valence-electron chi connectivity index (χ1n) is 6.58. The van der Waals surface area contributed by atoms with Crippen LogP contribution in [0.4, 0.5) is 0 Å². The van der Waals surface area contributed by atoms with Gasteiger partial charge in [0.1, 0.15) is 12.4 Å². The fourth-order valence-corrected chi connectivity index (χ4v) is 1.99. The van der Waals surface area contributed by atoms with Gasteiger partial charge in [-0.1, -0.05) is 41.1 Å². The number of oxime groups is 1. The van der Waals surface area contributed by atoms with Gasteiger partial charge in [0.15, 0.2) is 0 Å². The van der Waals surface area contributed by atoms with E-state index in [4.69, 9.17) is 9.94 Å². The van der Waals surface area contributed by atoms with Crippen LogP contribution in [0.5, 0.6) is 5.75 Å². The van der Waals surface area contributed by atoms with Crippen molar-refractivity contribution in [3.05, 3.63) is 64.7 Å². The minimum Gasteiger partial charge on any atom is -0.489 e. The van der Waals surface area contributed by atoms with Crippen LogP contribution in [0.2, 0.25) is 0 Å². The van der Waals surface area contributed by atoms with E-state index in [1.54, 1.807) is 6.92 Å². The average Bonchev–Trinajstić information content (AvgIpc) is 2.47. The molecule has 20 heavy (non-hydrogen) atoms. The highest BCUT2D eigenvalue weighted by Crippen LogP contribution is 2.18. The summed E-state index contributed by atoms with van der Waals surface area (Å²) in [6, 6.07) is 13.9. The van der Waals surface area contributed by atoms with E-state index < -0.39 is 0 Å². The molecule has 3 heteroatoms. The van der Waals surface area contributed by atoms with Crippen molar-refractivity contribution in [2.45, 2.75) is 27.4 Å². The Morgan fingerprint density at radius 1 is 1.15 bits per heavy atom. The van der Waals surface area contributed by atoms with Gasteiger partial charge in [0.05, 0.1) is 5.71 Å². The number of rotatable bonds is 4. The molecule has 0 aliphatic heterocycles. The third-order valence-corrected chi connectivity index (χ3v) is 3.30. The molecule has 0 bridgehead atoms. The van der Waals surface area contributed by atoms with Gasteiger partial charge < -0.3 is 9.94 Å². The van der Waals surface area contributed by atoms with Crippen LogP contribution in [0.3, 0.4) is 0 Å². The van der Waals surface area contributed by atoms with Crippen molar-refractivity contribution in [2.24, 2.45) is 5.16 Å². The Labute approximate surface area is 119 Å². The number of aryl methyl sites for hydroxylation is 2. The summed E-state index contributed by atoms with van der Waals surface area (Å²) < 4.78 is 5.83. The van der Waals surface area contributed by atoms with E-state index in [-0.39, 0.29) is 0 Å². The second-order valence-corrected chi connectivity index (χ2v) is 4.93. The smallest absolute Gasteiger partial charge is 0.120 e. The molecule has 2 rings (SSSR count). The molecule has 2 aromatic carbocycles. The Morgan fingerprint density at radius 3 is 2.70 bits per heavy atom. The van der Waals surface area contributed by atoms with E-state index in [1.165, 1.54) is 16.7 Å². The van der Waals surface area contributed by atoms with Crippen LogP contribution in [0.25, 0.3) is 0 Å². The molecule has 0 fully saturated rings. The maximum atomic E-state index is 8.80. The van der Waals surface area contributed by atoms with Crippen LogP contribution in [0.15, 0.2) is 47.6 Å². The molecule has 0 atom stereocenters. The highest BCUT2D eigenvalue weighted by atomic mass is 16.5. The van der Waals surface area contributed by atoms with E-state index in [1.807, 2.05) is 24.3 Å². The van der Waals surface area contributed by atoms with E-state index in [0.29, 0.717) is 12.3 Å². The summed E-state index contributed by atoms with van der Waals surface area (Å²) in [5.41, 5.74) is 5.06. The maximum Gasteiger partial charge on any atom is 0.120 e. The average molecular weight is 269 g/mol. The number of hydrogen-bond donors (Lipinski definition) is 1. The van der Waals surface area contributed by atoms with Crippen molar-refractivity contribution in [3.8, 4) is 5.75 Å². The molecule has 0 saturated carbocycles. The Balaban J connectivity index is 2.13. The monoisotopic (exact) mass is 269 g/mol. The Hall–Kier alpha value is -2.29. The molecule has 0 spiro atoms. The van der Waals surface area contributed by atoms with Crippen LogP contribution in [-0.4, -0.2) is 10.9 Å². The van der Waals surface area contributed by atoms with Crippen LogP contribution in [0, 0.1) is 13.8 Å². The summed E-state index contributed by atoms with van der Waals surface area (Å²) in [4.78, 5) is 0. The molecule has 104 valence electrons. The number of nitrogens with zero attached hydrogens (tertiary/aromatic N) is 1. The predicted octanol–water partition coefficient (Wildman–Crippen LogP) is 4.08. The van der Waals surface area contributed by atoms with Gasteiger partial charge in [0, 0.05) is 5.56 Å². The molecule has 3 nitrogen and oxygen atoms in total. The lowest BCUT2D eigenvalue weighted by molar-refractivity contribution is 0.305. The first kappa shape index (κ1) is 14.1. The predicted molar refractivity (Wildman–Crippen MR) is 80.7 cm³/mol. The van der Waals surface area contributed by atoms with Crippen molar-refractivity contribution in [1.29, 1.82) is 0 Å². The molecule has 0 aliphatic rings. The van der Waals surface area contributed by atoms with Gasteiger partial charge in [-0.25, -0.2) is 0 Å². The molecular formula is C17H19NO2. The topological polar surface area (TPSA) is 41.8 Å². The van der Waals surface area contributed by atoms with Gasteiger partial charge >= 0.3 is 0 Å². The summed E-state index contributed by atoms with van der Waals surface area (Å²) in [7, 11) is 0. The first-order chi connectivity index (χ1) is 9.60. The fourth-order valence-electron chi connectivity index (χ4n) is 1.99. The van der Waals surface area contributed by atoms with Crippen molar-refractivity contribution in [3.63, 3.8) is 0 Å². The molecule has 0 aliphatic carbocycles. The lowest BCUT2D eigenvalue weighted by atomic mass is 10.1. The second-order valence-electron chi connectivity index (χ2n) is 4.93. The van der Waals surface area contributed by atoms with Crippen LogP contribution >= 0.6 is 0 Å². The maximum absolute atomic E-state index is 8.80. The molecule has 0 heterocycles. The van der Waals surface area contributed by atoms with Crippen molar-refractivity contribution < 1.29 is 9.94 Å². The lowest BCUT2D eigenvalue weighted by Gasteiger charge is -2.10. The zero-order valence-electron chi connectivity index (χ0n) is 12.1. The molecule has 0 saturated heterocycles. The molecule has 0 aromatic heterocycles. The molecule has 2 aromatic rings. The Morgan fingerprint density at radius 2 is 1.95 bits per heavy atom. The highest BCUT2D eigenvalue weighted by molar-refractivity contribution is 5.98. The zero-order chi connectivity index (χ0) is 14.5. The second kappa shape index (κ2) is 6.24. The third kappa shape index (κ3) is 3.38. The lowest BCUT2D eigenvalue weighted by Crippen LogP contribution is -2.00. The Bertz CT molecular complexity index is 633. The molecule has 1 N–H and O–H groups in total. The van der Waals surface area contributed by atoms with Gasteiger partial charge in [-0.15, -0.1) is 0 Å². The largest absolute Gasteiger partial charge is 0.489 e. The normalized spacial score (nSPS) is 11.4. The molecule has 0 amide bonds. The first-order valence-corrected chi connectivity index (χ1v) is 6.58. The van der Waals surface area contributed by atoms with Crippen molar-refractivity contribution in [1.82, 2.24) is 0 Å². The third-order valence-electron chi connectivity index (χ3n) is 3.30. The molecular weight excluding hydrogens is 250 g/mol. The van der Waals surface area contributed by atoms with Gasteiger partial charge in [-0.2, -0.15) is 0 Å². The minimum absolute atomic E-state index is 0.534. The van der Waals surface area contributed by atoms with Gasteiger partial charge in [0.25, 0.3) is 0 Å². The van der Waals surface area contributed by atoms with E-state index in [9.17, 15) is 0 Å². The van der Waals surface area contributed by atoms with E-state index in [0.717, 1.165) is 11.3 Å². The summed E-state index contributed by atoms with van der Waals surface area (Å²) in [5, 5.41) is 12.0. The minimum atomic E-state index is 0.534. The van der Waals surface area contributed by atoms with Crippen LogP contribution < -0.4 is 4.74 Å². The SMILES string of the molecule is C/C(=N\O)c1cccc(OCc2cc(C)ccc2C)c1. The van der Waals surface area contributed by atoms with Crippen molar-refractivity contribution >= 4 is 5.71 Å². The molecule has 0 unspecified atom stereocenters. The Kier molecular flexibility index (Phi) is 4.41. The number of benzene rings is 2. The highest BCUT2D eigenvalue weighted by Gasteiger charge is 2.03. The van der Waals surface area contributed by atoms with Gasteiger partial charge in [-0.05, 0) is 44.0 Å². The van der Waals surface area contributed by atoms with Crippen LogP contribution in [-0.2, 0) is 6.61 Å². The number of hydrogen-bond acceptors (Lipinski definition) is 3. The van der Waals surface area contributed by atoms with E-state index in [2.05, 4.69) is 37.2 Å². The van der Waals surface area contributed by atoms with Gasteiger partial charge in [-0.3, -0.25) is 0 Å². The summed E-state index contributed by atoms with van der Waals surface area (Å²) in [6.45, 7) is 6.44. The summed E-state index contributed by atoms with van der Waals surface area (Å²) >= 11 is 0. The zero-order valence-corrected chi connectivity index (χ0v) is 12.1. The molecule has 0 radical (unpaired) electrons. The standard InChI is InChI=1S/C17H19NO2/c1-12-7-8-13(2)16(9-12)11-20-17-6-4-5-15(10-17)14(3)18-19/h4-10,19H,11H2,1-3H3/b18-14+. The van der Waals surface area contributed by atoms with Crippen molar-refractivity contribution in [2.75, 3.05) is 0 Å². The summed E-state index contributed by atoms with van der Waals surface area (Å²) in [6.07, 6.45) is 0. The quantitative estimate of drug-likeness (QED) is 0.516. The van der Waals surface area contributed by atoms with E-state index >= 15 is 0 Å². The fraction of sp³-hybridized carbons (Fsp3) is 0.235. The summed E-state index contributed by atoms with van der Waals surface area (Å²) in [5.74, 6) is 0.770. The van der Waals surface area contributed by atoms with Gasteiger partial charge in [0.2, 0.25) is 0 Å².